The highest BCUT2D eigenvalue weighted by molar-refractivity contribution is 6.17. The Kier molecular flexibility index (Phi) is 5.79. The SMILES string of the molecule is COc1cccc(CNCC(C)(C)CCCl)c1. The zero-order valence-corrected chi connectivity index (χ0v) is 11.7. The van der Waals surface area contributed by atoms with Crippen molar-refractivity contribution < 1.29 is 4.74 Å². The highest BCUT2D eigenvalue weighted by Crippen LogP contribution is 2.20. The molecule has 0 aromatic heterocycles. The highest BCUT2D eigenvalue weighted by Gasteiger charge is 2.16. The van der Waals surface area contributed by atoms with Crippen molar-refractivity contribution in [3.05, 3.63) is 29.8 Å². The number of hydrogen-bond donors (Lipinski definition) is 1. The Morgan fingerprint density at radius 3 is 2.76 bits per heavy atom. The Morgan fingerprint density at radius 2 is 2.12 bits per heavy atom. The average Bonchev–Trinajstić information content (AvgIpc) is 2.29. The summed E-state index contributed by atoms with van der Waals surface area (Å²) in [5.74, 6) is 1.62. The van der Waals surface area contributed by atoms with E-state index in [9.17, 15) is 0 Å². The summed E-state index contributed by atoms with van der Waals surface area (Å²) in [7, 11) is 1.69. The van der Waals surface area contributed by atoms with Crippen molar-refractivity contribution in [3.63, 3.8) is 0 Å². The van der Waals surface area contributed by atoms with Crippen molar-refractivity contribution in [2.75, 3.05) is 19.5 Å². The smallest absolute Gasteiger partial charge is 0.119 e. The standard InChI is InChI=1S/C14H22ClNO/c1-14(2,7-8-15)11-16-10-12-5-4-6-13(9-12)17-3/h4-6,9,16H,7-8,10-11H2,1-3H3. The van der Waals surface area contributed by atoms with Crippen LogP contribution in [-0.4, -0.2) is 19.5 Å². The lowest BCUT2D eigenvalue weighted by molar-refractivity contribution is 0.329. The van der Waals surface area contributed by atoms with Crippen molar-refractivity contribution in [1.29, 1.82) is 0 Å². The van der Waals surface area contributed by atoms with Gasteiger partial charge in [-0.25, -0.2) is 0 Å². The zero-order chi connectivity index (χ0) is 12.7. The molecule has 1 aromatic rings. The third-order valence-electron chi connectivity index (χ3n) is 2.84. The molecule has 0 amide bonds. The third-order valence-corrected chi connectivity index (χ3v) is 3.03. The maximum atomic E-state index is 5.78. The molecule has 1 aromatic carbocycles. The fraction of sp³-hybridized carbons (Fsp3) is 0.571. The number of methoxy groups -OCH3 is 1. The Hall–Kier alpha value is -0.730. The van der Waals surface area contributed by atoms with Gasteiger partial charge in [-0.1, -0.05) is 26.0 Å². The van der Waals surface area contributed by atoms with Gasteiger partial charge in [0.15, 0.2) is 0 Å². The van der Waals surface area contributed by atoms with Gasteiger partial charge in [0.1, 0.15) is 5.75 Å². The molecule has 1 N–H and O–H groups in total. The van der Waals surface area contributed by atoms with Gasteiger partial charge in [0.05, 0.1) is 7.11 Å². The van der Waals surface area contributed by atoms with Crippen LogP contribution in [0.5, 0.6) is 5.75 Å². The van der Waals surface area contributed by atoms with Gasteiger partial charge >= 0.3 is 0 Å². The molecule has 0 aliphatic carbocycles. The lowest BCUT2D eigenvalue weighted by atomic mass is 9.90. The summed E-state index contributed by atoms with van der Waals surface area (Å²) in [6, 6.07) is 8.13. The van der Waals surface area contributed by atoms with Crippen LogP contribution in [0.1, 0.15) is 25.8 Å². The molecule has 0 radical (unpaired) electrons. The van der Waals surface area contributed by atoms with E-state index < -0.39 is 0 Å². The maximum absolute atomic E-state index is 5.78. The number of alkyl halides is 1. The molecule has 3 heteroatoms. The topological polar surface area (TPSA) is 21.3 Å². The minimum absolute atomic E-state index is 0.251. The number of hydrogen-bond acceptors (Lipinski definition) is 2. The predicted octanol–water partition coefficient (Wildman–Crippen LogP) is 3.44. The molecule has 0 spiro atoms. The van der Waals surface area contributed by atoms with E-state index in [1.165, 1.54) is 5.56 Å². The average molecular weight is 256 g/mol. The van der Waals surface area contributed by atoms with Crippen LogP contribution in [-0.2, 0) is 6.54 Å². The van der Waals surface area contributed by atoms with Crippen LogP contribution in [0.25, 0.3) is 0 Å². The third kappa shape index (κ3) is 5.42. The van der Waals surface area contributed by atoms with Crippen molar-refractivity contribution in [2.45, 2.75) is 26.8 Å². The fourth-order valence-corrected chi connectivity index (χ4v) is 2.18. The summed E-state index contributed by atoms with van der Waals surface area (Å²) in [6.07, 6.45) is 1.03. The van der Waals surface area contributed by atoms with Crippen LogP contribution in [0.4, 0.5) is 0 Å². The monoisotopic (exact) mass is 255 g/mol. The molecule has 0 bridgehead atoms. The van der Waals surface area contributed by atoms with Crippen LogP contribution >= 0.6 is 11.6 Å². The number of ether oxygens (including phenoxy) is 1. The van der Waals surface area contributed by atoms with Gasteiger partial charge in [-0.15, -0.1) is 11.6 Å². The summed E-state index contributed by atoms with van der Waals surface area (Å²) in [6.45, 7) is 6.29. The van der Waals surface area contributed by atoms with E-state index in [0.29, 0.717) is 5.88 Å². The summed E-state index contributed by atoms with van der Waals surface area (Å²) in [4.78, 5) is 0. The molecule has 0 fully saturated rings. The molecule has 96 valence electrons. The van der Waals surface area contributed by atoms with Crippen molar-refractivity contribution in [3.8, 4) is 5.75 Å². The summed E-state index contributed by atoms with van der Waals surface area (Å²) in [5, 5.41) is 3.46. The van der Waals surface area contributed by atoms with E-state index in [4.69, 9.17) is 16.3 Å². The van der Waals surface area contributed by atoms with E-state index in [1.807, 2.05) is 12.1 Å². The molecule has 0 unspecified atom stereocenters. The second kappa shape index (κ2) is 6.87. The largest absolute Gasteiger partial charge is 0.497 e. The van der Waals surface area contributed by atoms with Gasteiger partial charge in [0.25, 0.3) is 0 Å². The lowest BCUT2D eigenvalue weighted by Crippen LogP contribution is -2.29. The van der Waals surface area contributed by atoms with Gasteiger partial charge in [-0.3, -0.25) is 0 Å². The van der Waals surface area contributed by atoms with Crippen LogP contribution in [0, 0.1) is 5.41 Å². The van der Waals surface area contributed by atoms with Gasteiger partial charge in [0.2, 0.25) is 0 Å². The molecule has 17 heavy (non-hydrogen) atoms. The van der Waals surface area contributed by atoms with Gasteiger partial charge in [-0.05, 0) is 29.5 Å². The van der Waals surface area contributed by atoms with Crippen molar-refractivity contribution in [1.82, 2.24) is 5.32 Å². The number of halogens is 1. The Bertz CT molecular complexity index is 339. The number of rotatable bonds is 7. The Morgan fingerprint density at radius 1 is 1.35 bits per heavy atom. The molecule has 0 atom stereocenters. The fourth-order valence-electron chi connectivity index (χ4n) is 1.67. The van der Waals surface area contributed by atoms with E-state index in [1.54, 1.807) is 7.11 Å². The first-order chi connectivity index (χ1) is 8.07. The van der Waals surface area contributed by atoms with E-state index in [0.717, 1.165) is 25.3 Å². The molecule has 0 saturated heterocycles. The lowest BCUT2D eigenvalue weighted by Gasteiger charge is -2.24. The molecule has 2 nitrogen and oxygen atoms in total. The van der Waals surface area contributed by atoms with Crippen LogP contribution in [0.15, 0.2) is 24.3 Å². The van der Waals surface area contributed by atoms with Gasteiger partial charge < -0.3 is 10.1 Å². The normalized spacial score (nSPS) is 11.5. The molecule has 1 rings (SSSR count). The first kappa shape index (κ1) is 14.3. The molecular weight excluding hydrogens is 234 g/mol. The van der Waals surface area contributed by atoms with Gasteiger partial charge in [-0.2, -0.15) is 0 Å². The van der Waals surface area contributed by atoms with Crippen LogP contribution in [0.2, 0.25) is 0 Å². The minimum Gasteiger partial charge on any atom is -0.497 e. The van der Waals surface area contributed by atoms with Crippen LogP contribution in [0.3, 0.4) is 0 Å². The van der Waals surface area contributed by atoms with E-state index >= 15 is 0 Å². The zero-order valence-electron chi connectivity index (χ0n) is 10.9. The molecular formula is C14H22ClNO. The van der Waals surface area contributed by atoms with Crippen molar-refractivity contribution >= 4 is 11.6 Å². The molecule has 0 aliphatic heterocycles. The minimum atomic E-state index is 0.251. The summed E-state index contributed by atoms with van der Waals surface area (Å²) >= 11 is 5.78. The van der Waals surface area contributed by atoms with Crippen molar-refractivity contribution in [2.24, 2.45) is 5.41 Å². The van der Waals surface area contributed by atoms with E-state index in [-0.39, 0.29) is 5.41 Å². The quantitative estimate of drug-likeness (QED) is 0.754. The second-order valence-corrected chi connectivity index (χ2v) is 5.44. The summed E-state index contributed by atoms with van der Waals surface area (Å²) in [5.41, 5.74) is 1.49. The van der Waals surface area contributed by atoms with Crippen LogP contribution < -0.4 is 10.1 Å². The predicted molar refractivity (Wildman–Crippen MR) is 73.8 cm³/mol. The Labute approximate surface area is 109 Å². The van der Waals surface area contributed by atoms with E-state index in [2.05, 4.69) is 31.3 Å². The van der Waals surface area contributed by atoms with Gasteiger partial charge in [0, 0.05) is 19.0 Å². The number of nitrogens with one attached hydrogen (secondary N) is 1. The Balaban J connectivity index is 2.40. The first-order valence-electron chi connectivity index (χ1n) is 5.97. The molecule has 0 heterocycles. The molecule has 0 saturated carbocycles. The highest BCUT2D eigenvalue weighted by atomic mass is 35.5. The first-order valence-corrected chi connectivity index (χ1v) is 6.50. The summed E-state index contributed by atoms with van der Waals surface area (Å²) < 4.78 is 5.20. The molecule has 0 aliphatic rings. The second-order valence-electron chi connectivity index (χ2n) is 5.06. The maximum Gasteiger partial charge on any atom is 0.119 e. The number of benzene rings is 1.